The SMILES string of the molecule is CC(=O)N1CCN(CCCCOc2cc3n(n2)CCCC3)CC1.O=C(O)/C=C\C(=O)O. The van der Waals surface area contributed by atoms with Crippen LogP contribution in [0, 0.1) is 0 Å². The summed E-state index contributed by atoms with van der Waals surface area (Å²) in [5.74, 6) is -1.53. The van der Waals surface area contributed by atoms with E-state index in [-0.39, 0.29) is 5.91 Å². The van der Waals surface area contributed by atoms with Gasteiger partial charge in [0.15, 0.2) is 0 Å². The van der Waals surface area contributed by atoms with Gasteiger partial charge in [0.05, 0.1) is 6.61 Å². The van der Waals surface area contributed by atoms with Gasteiger partial charge in [-0.05, 0) is 38.6 Å². The van der Waals surface area contributed by atoms with Crippen LogP contribution in [0.5, 0.6) is 5.88 Å². The number of aryl methyl sites for hydroxylation is 2. The van der Waals surface area contributed by atoms with Gasteiger partial charge in [0.25, 0.3) is 0 Å². The lowest BCUT2D eigenvalue weighted by molar-refractivity contribution is -0.134. The van der Waals surface area contributed by atoms with Gasteiger partial charge in [-0.15, -0.1) is 5.10 Å². The van der Waals surface area contributed by atoms with Crippen LogP contribution in [0.1, 0.15) is 38.3 Å². The first-order valence-corrected chi connectivity index (χ1v) is 10.7. The maximum absolute atomic E-state index is 11.3. The van der Waals surface area contributed by atoms with E-state index in [9.17, 15) is 14.4 Å². The number of carbonyl (C=O) groups excluding carboxylic acids is 1. The number of piperazine rings is 1. The Labute approximate surface area is 182 Å². The van der Waals surface area contributed by atoms with Crippen LogP contribution >= 0.6 is 0 Å². The van der Waals surface area contributed by atoms with Crippen molar-refractivity contribution in [3.63, 3.8) is 0 Å². The number of carboxylic acids is 2. The molecule has 0 spiro atoms. The number of hydrogen-bond acceptors (Lipinski definition) is 6. The van der Waals surface area contributed by atoms with Crippen molar-refractivity contribution in [1.29, 1.82) is 0 Å². The Morgan fingerprint density at radius 3 is 2.29 bits per heavy atom. The van der Waals surface area contributed by atoms with Crippen LogP contribution in [-0.4, -0.2) is 87.0 Å². The smallest absolute Gasteiger partial charge is 0.328 e. The molecule has 31 heavy (non-hydrogen) atoms. The first-order chi connectivity index (χ1) is 14.8. The molecule has 1 amide bonds. The van der Waals surface area contributed by atoms with Crippen molar-refractivity contribution in [2.24, 2.45) is 0 Å². The number of nitrogens with zero attached hydrogens (tertiary/aromatic N) is 4. The molecule has 1 fully saturated rings. The summed E-state index contributed by atoms with van der Waals surface area (Å²) in [5, 5.41) is 20.1. The Morgan fingerprint density at radius 2 is 1.71 bits per heavy atom. The summed E-state index contributed by atoms with van der Waals surface area (Å²) in [6.07, 6.45) is 6.92. The molecule has 2 N–H and O–H groups in total. The van der Waals surface area contributed by atoms with E-state index >= 15 is 0 Å². The molecule has 0 bridgehead atoms. The number of fused-ring (bicyclic) bond motifs is 1. The van der Waals surface area contributed by atoms with Gasteiger partial charge in [0.2, 0.25) is 11.8 Å². The zero-order chi connectivity index (χ0) is 22.6. The lowest BCUT2D eigenvalue weighted by Crippen LogP contribution is -2.48. The Balaban J connectivity index is 0.000000366. The van der Waals surface area contributed by atoms with Gasteiger partial charge in [0.1, 0.15) is 0 Å². The maximum atomic E-state index is 11.3. The van der Waals surface area contributed by atoms with Crippen LogP contribution in [0.4, 0.5) is 0 Å². The predicted molar refractivity (Wildman–Crippen MR) is 113 cm³/mol. The molecule has 0 aliphatic carbocycles. The zero-order valence-electron chi connectivity index (χ0n) is 18.0. The average molecular weight is 437 g/mol. The van der Waals surface area contributed by atoms with Crippen molar-refractivity contribution in [3.05, 3.63) is 23.9 Å². The minimum absolute atomic E-state index is 0.195. The van der Waals surface area contributed by atoms with Crippen molar-refractivity contribution < 1.29 is 29.3 Å². The Kier molecular flexibility index (Phi) is 10.0. The van der Waals surface area contributed by atoms with Crippen LogP contribution < -0.4 is 4.74 Å². The normalized spacial score (nSPS) is 16.4. The highest BCUT2D eigenvalue weighted by atomic mass is 16.5. The second-order valence-corrected chi connectivity index (χ2v) is 7.57. The molecule has 172 valence electrons. The number of amides is 1. The molecule has 1 saturated heterocycles. The third kappa shape index (κ3) is 9.20. The van der Waals surface area contributed by atoms with Crippen molar-refractivity contribution in [3.8, 4) is 5.88 Å². The quantitative estimate of drug-likeness (QED) is 0.461. The number of carbonyl (C=O) groups is 3. The summed E-state index contributed by atoms with van der Waals surface area (Å²) in [6, 6.07) is 2.10. The van der Waals surface area contributed by atoms with Crippen LogP contribution in [-0.2, 0) is 27.3 Å². The number of hydrogen-bond donors (Lipinski definition) is 2. The predicted octanol–water partition coefficient (Wildman–Crippen LogP) is 1.25. The van der Waals surface area contributed by atoms with Crippen molar-refractivity contribution in [2.75, 3.05) is 39.3 Å². The molecule has 10 heteroatoms. The Hall–Kier alpha value is -2.88. The highest BCUT2D eigenvalue weighted by molar-refractivity contribution is 5.89. The summed E-state index contributed by atoms with van der Waals surface area (Å²) >= 11 is 0. The molecular weight excluding hydrogens is 404 g/mol. The van der Waals surface area contributed by atoms with Crippen LogP contribution in [0.15, 0.2) is 18.2 Å². The number of rotatable bonds is 8. The zero-order valence-corrected chi connectivity index (χ0v) is 18.0. The molecule has 0 radical (unpaired) electrons. The van der Waals surface area contributed by atoms with E-state index in [1.54, 1.807) is 6.92 Å². The largest absolute Gasteiger partial charge is 0.478 e. The standard InChI is InChI=1S/C17H28N4O2.C4H4O4/c1-15(22)20-11-9-19(10-12-20)7-4-5-13-23-17-14-16-6-2-3-8-21(16)18-17;5-3(6)1-2-4(7)8/h14H,2-13H2,1H3;1-2H,(H,5,6)(H,7,8)/b;2-1-. The summed E-state index contributed by atoms with van der Waals surface area (Å²) < 4.78 is 7.88. The molecule has 0 saturated carbocycles. The summed E-state index contributed by atoms with van der Waals surface area (Å²) in [7, 11) is 0. The van der Waals surface area contributed by atoms with Crippen molar-refractivity contribution in [1.82, 2.24) is 19.6 Å². The lowest BCUT2D eigenvalue weighted by atomic mass is 10.1. The first-order valence-electron chi connectivity index (χ1n) is 10.7. The molecule has 1 aromatic rings. The molecule has 3 heterocycles. The molecule has 3 rings (SSSR count). The van der Waals surface area contributed by atoms with Gasteiger partial charge in [-0.2, -0.15) is 0 Å². The first kappa shape index (κ1) is 24.4. The summed E-state index contributed by atoms with van der Waals surface area (Å²) in [4.78, 5) is 34.8. The second-order valence-electron chi connectivity index (χ2n) is 7.57. The number of unbranched alkanes of at least 4 members (excludes halogenated alkanes) is 1. The minimum Gasteiger partial charge on any atom is -0.478 e. The van der Waals surface area contributed by atoms with E-state index in [4.69, 9.17) is 14.9 Å². The molecule has 0 aromatic carbocycles. The Bertz CT molecular complexity index is 728. The molecule has 10 nitrogen and oxygen atoms in total. The number of aliphatic carboxylic acids is 2. The highest BCUT2D eigenvalue weighted by Gasteiger charge is 2.18. The monoisotopic (exact) mass is 436 g/mol. The lowest BCUT2D eigenvalue weighted by Gasteiger charge is -2.34. The average Bonchev–Trinajstić information content (AvgIpc) is 3.15. The fourth-order valence-corrected chi connectivity index (χ4v) is 3.51. The fourth-order valence-electron chi connectivity index (χ4n) is 3.51. The van der Waals surface area contributed by atoms with Gasteiger partial charge >= 0.3 is 11.9 Å². The topological polar surface area (TPSA) is 125 Å². The van der Waals surface area contributed by atoms with Gasteiger partial charge in [-0.25, -0.2) is 9.59 Å². The minimum atomic E-state index is -1.26. The summed E-state index contributed by atoms with van der Waals surface area (Å²) in [5.41, 5.74) is 1.31. The van der Waals surface area contributed by atoms with E-state index in [1.165, 1.54) is 18.5 Å². The fraction of sp³-hybridized carbons (Fsp3) is 0.619. The number of ether oxygens (including phenoxy) is 1. The van der Waals surface area contributed by atoms with Crippen LogP contribution in [0.3, 0.4) is 0 Å². The van der Waals surface area contributed by atoms with E-state index in [0.29, 0.717) is 12.2 Å². The molecule has 0 unspecified atom stereocenters. The third-order valence-corrected chi connectivity index (χ3v) is 5.20. The van der Waals surface area contributed by atoms with Crippen LogP contribution in [0.25, 0.3) is 0 Å². The number of carboxylic acid groups (broad SMARTS) is 2. The van der Waals surface area contributed by atoms with Gasteiger partial charge < -0.3 is 19.8 Å². The van der Waals surface area contributed by atoms with Crippen molar-refractivity contribution in [2.45, 2.75) is 45.6 Å². The van der Waals surface area contributed by atoms with Crippen LogP contribution in [0.2, 0.25) is 0 Å². The van der Waals surface area contributed by atoms with E-state index in [1.807, 2.05) is 4.90 Å². The molecular formula is C21H32N4O6. The highest BCUT2D eigenvalue weighted by Crippen LogP contribution is 2.19. The number of aromatic nitrogens is 2. The van der Waals surface area contributed by atoms with E-state index in [0.717, 1.165) is 71.0 Å². The molecule has 2 aliphatic heterocycles. The van der Waals surface area contributed by atoms with Gasteiger partial charge in [-0.1, -0.05) is 0 Å². The van der Waals surface area contributed by atoms with E-state index < -0.39 is 11.9 Å². The van der Waals surface area contributed by atoms with Gasteiger partial charge in [-0.3, -0.25) is 14.4 Å². The molecule has 2 aliphatic rings. The summed E-state index contributed by atoms with van der Waals surface area (Å²) in [6.45, 7) is 8.24. The third-order valence-electron chi connectivity index (χ3n) is 5.20. The second kappa shape index (κ2) is 12.7. The van der Waals surface area contributed by atoms with Gasteiger partial charge in [0, 0.05) is 63.6 Å². The Morgan fingerprint density at radius 1 is 1.03 bits per heavy atom. The molecule has 1 aromatic heterocycles. The van der Waals surface area contributed by atoms with Crippen molar-refractivity contribution >= 4 is 17.8 Å². The molecule has 0 atom stereocenters. The van der Waals surface area contributed by atoms with E-state index in [2.05, 4.69) is 20.7 Å². The maximum Gasteiger partial charge on any atom is 0.328 e.